The first-order valence-electron chi connectivity index (χ1n) is 4.48. The standard InChI is InChI=1S/C9H15ClN2O/c1-3-13-5-4-12-7-9(6-11-12)8(2)10/h6-8H,3-5H2,1-2H3. The molecule has 1 heterocycles. The first kappa shape index (κ1) is 10.5. The average molecular weight is 203 g/mol. The van der Waals surface area contributed by atoms with Crippen LogP contribution in [-0.2, 0) is 11.3 Å². The van der Waals surface area contributed by atoms with E-state index in [0.29, 0.717) is 6.61 Å². The first-order chi connectivity index (χ1) is 6.24. The van der Waals surface area contributed by atoms with Gasteiger partial charge in [0.25, 0.3) is 0 Å². The summed E-state index contributed by atoms with van der Waals surface area (Å²) in [5, 5.41) is 4.19. The molecule has 1 atom stereocenters. The minimum Gasteiger partial charge on any atom is -0.380 e. The Labute approximate surface area is 83.6 Å². The minimum atomic E-state index is 0.0286. The predicted octanol–water partition coefficient (Wildman–Crippen LogP) is 2.22. The quantitative estimate of drug-likeness (QED) is 0.541. The summed E-state index contributed by atoms with van der Waals surface area (Å²) in [6.45, 7) is 6.16. The fourth-order valence-corrected chi connectivity index (χ4v) is 1.12. The second-order valence-corrected chi connectivity index (χ2v) is 3.50. The van der Waals surface area contributed by atoms with Crippen LogP contribution in [0, 0.1) is 0 Å². The van der Waals surface area contributed by atoms with E-state index in [1.807, 2.05) is 24.7 Å². The number of rotatable bonds is 5. The zero-order valence-electron chi connectivity index (χ0n) is 8.03. The lowest BCUT2D eigenvalue weighted by molar-refractivity contribution is 0.136. The molecule has 0 N–H and O–H groups in total. The molecule has 74 valence electrons. The minimum absolute atomic E-state index is 0.0286. The molecule has 1 rings (SSSR count). The number of halogens is 1. The van der Waals surface area contributed by atoms with E-state index >= 15 is 0 Å². The Morgan fingerprint density at radius 1 is 1.69 bits per heavy atom. The van der Waals surface area contributed by atoms with Crippen LogP contribution in [0.4, 0.5) is 0 Å². The SMILES string of the molecule is CCOCCn1cc(C(C)Cl)cn1. The van der Waals surface area contributed by atoms with Gasteiger partial charge in [-0.1, -0.05) is 0 Å². The zero-order chi connectivity index (χ0) is 9.68. The van der Waals surface area contributed by atoms with E-state index in [0.717, 1.165) is 18.7 Å². The van der Waals surface area contributed by atoms with Gasteiger partial charge in [-0.15, -0.1) is 11.6 Å². The van der Waals surface area contributed by atoms with Crippen molar-refractivity contribution in [2.75, 3.05) is 13.2 Å². The van der Waals surface area contributed by atoms with E-state index < -0.39 is 0 Å². The topological polar surface area (TPSA) is 27.1 Å². The Balaban J connectivity index is 2.40. The normalized spacial score (nSPS) is 13.2. The Morgan fingerprint density at radius 3 is 3.00 bits per heavy atom. The van der Waals surface area contributed by atoms with Gasteiger partial charge in [-0.3, -0.25) is 4.68 Å². The van der Waals surface area contributed by atoms with Crippen LogP contribution < -0.4 is 0 Å². The summed E-state index contributed by atoms with van der Waals surface area (Å²) < 4.78 is 7.06. The van der Waals surface area contributed by atoms with Crippen molar-refractivity contribution in [3.63, 3.8) is 0 Å². The van der Waals surface area contributed by atoms with Crippen LogP contribution in [0.25, 0.3) is 0 Å². The monoisotopic (exact) mass is 202 g/mol. The Kier molecular flexibility index (Phi) is 4.25. The molecule has 0 aliphatic carbocycles. The van der Waals surface area contributed by atoms with Crippen molar-refractivity contribution < 1.29 is 4.74 Å². The Morgan fingerprint density at radius 2 is 2.46 bits per heavy atom. The summed E-state index contributed by atoms with van der Waals surface area (Å²) >= 11 is 5.89. The van der Waals surface area contributed by atoms with Gasteiger partial charge in [0.2, 0.25) is 0 Å². The number of hydrogen-bond donors (Lipinski definition) is 0. The maximum Gasteiger partial charge on any atom is 0.0662 e. The number of alkyl halides is 1. The summed E-state index contributed by atoms with van der Waals surface area (Å²) in [7, 11) is 0. The molecule has 1 aromatic rings. The highest BCUT2D eigenvalue weighted by atomic mass is 35.5. The molecule has 3 nitrogen and oxygen atoms in total. The molecule has 0 aromatic carbocycles. The highest BCUT2D eigenvalue weighted by Crippen LogP contribution is 2.17. The molecular formula is C9H15ClN2O. The Hall–Kier alpha value is -0.540. The van der Waals surface area contributed by atoms with E-state index in [1.54, 1.807) is 6.20 Å². The van der Waals surface area contributed by atoms with Gasteiger partial charge >= 0.3 is 0 Å². The highest BCUT2D eigenvalue weighted by molar-refractivity contribution is 6.20. The van der Waals surface area contributed by atoms with Crippen LogP contribution >= 0.6 is 11.6 Å². The maximum absolute atomic E-state index is 5.89. The van der Waals surface area contributed by atoms with Gasteiger partial charge in [0, 0.05) is 18.4 Å². The molecule has 0 spiro atoms. The molecular weight excluding hydrogens is 188 g/mol. The summed E-state index contributed by atoms with van der Waals surface area (Å²) in [6, 6.07) is 0. The van der Waals surface area contributed by atoms with E-state index in [2.05, 4.69) is 5.10 Å². The van der Waals surface area contributed by atoms with E-state index in [1.165, 1.54) is 0 Å². The van der Waals surface area contributed by atoms with Crippen LogP contribution in [0.2, 0.25) is 0 Å². The molecule has 0 radical (unpaired) electrons. The fraction of sp³-hybridized carbons (Fsp3) is 0.667. The van der Waals surface area contributed by atoms with E-state index in [-0.39, 0.29) is 5.38 Å². The third kappa shape index (κ3) is 3.36. The van der Waals surface area contributed by atoms with Crippen LogP contribution in [-0.4, -0.2) is 23.0 Å². The van der Waals surface area contributed by atoms with Gasteiger partial charge in [-0.2, -0.15) is 5.10 Å². The second kappa shape index (κ2) is 5.25. The van der Waals surface area contributed by atoms with Crippen molar-refractivity contribution in [3.05, 3.63) is 18.0 Å². The lowest BCUT2D eigenvalue weighted by atomic mass is 10.3. The molecule has 0 aliphatic heterocycles. The zero-order valence-corrected chi connectivity index (χ0v) is 8.79. The maximum atomic E-state index is 5.89. The van der Waals surface area contributed by atoms with Gasteiger partial charge in [0.15, 0.2) is 0 Å². The van der Waals surface area contributed by atoms with Crippen molar-refractivity contribution >= 4 is 11.6 Å². The van der Waals surface area contributed by atoms with Crippen LogP contribution in [0.3, 0.4) is 0 Å². The smallest absolute Gasteiger partial charge is 0.0662 e. The van der Waals surface area contributed by atoms with Gasteiger partial charge in [-0.05, 0) is 13.8 Å². The van der Waals surface area contributed by atoms with Gasteiger partial charge < -0.3 is 4.74 Å². The molecule has 0 bridgehead atoms. The lowest BCUT2D eigenvalue weighted by Gasteiger charge is -2.01. The molecule has 0 saturated heterocycles. The van der Waals surface area contributed by atoms with Gasteiger partial charge in [0.05, 0.1) is 24.7 Å². The van der Waals surface area contributed by atoms with Crippen molar-refractivity contribution in [2.45, 2.75) is 25.8 Å². The highest BCUT2D eigenvalue weighted by Gasteiger charge is 2.03. The predicted molar refractivity (Wildman–Crippen MR) is 53.0 cm³/mol. The van der Waals surface area contributed by atoms with Crippen LogP contribution in [0.1, 0.15) is 24.8 Å². The molecule has 0 aliphatic rings. The van der Waals surface area contributed by atoms with Gasteiger partial charge in [-0.25, -0.2) is 0 Å². The molecule has 1 aromatic heterocycles. The summed E-state index contributed by atoms with van der Waals surface area (Å²) in [5.41, 5.74) is 1.05. The number of hydrogen-bond acceptors (Lipinski definition) is 2. The third-order valence-electron chi connectivity index (χ3n) is 1.78. The number of aromatic nitrogens is 2. The van der Waals surface area contributed by atoms with E-state index in [9.17, 15) is 0 Å². The summed E-state index contributed by atoms with van der Waals surface area (Å²) in [5.74, 6) is 0. The fourth-order valence-electron chi connectivity index (χ4n) is 1.01. The average Bonchev–Trinajstić information content (AvgIpc) is 2.53. The molecule has 0 fully saturated rings. The summed E-state index contributed by atoms with van der Waals surface area (Å²) in [4.78, 5) is 0. The largest absolute Gasteiger partial charge is 0.380 e. The molecule has 0 amide bonds. The molecule has 1 unspecified atom stereocenters. The van der Waals surface area contributed by atoms with Crippen molar-refractivity contribution in [1.29, 1.82) is 0 Å². The summed E-state index contributed by atoms with van der Waals surface area (Å²) in [6.07, 6.45) is 3.75. The third-order valence-corrected chi connectivity index (χ3v) is 2.03. The Bertz CT molecular complexity index is 248. The molecule has 13 heavy (non-hydrogen) atoms. The van der Waals surface area contributed by atoms with Gasteiger partial charge in [0.1, 0.15) is 0 Å². The van der Waals surface area contributed by atoms with Crippen molar-refractivity contribution in [1.82, 2.24) is 9.78 Å². The lowest BCUT2D eigenvalue weighted by Crippen LogP contribution is -2.05. The van der Waals surface area contributed by atoms with E-state index in [4.69, 9.17) is 16.3 Å². The molecule has 4 heteroatoms. The second-order valence-electron chi connectivity index (χ2n) is 2.85. The van der Waals surface area contributed by atoms with Crippen molar-refractivity contribution in [2.24, 2.45) is 0 Å². The molecule has 0 saturated carbocycles. The van der Waals surface area contributed by atoms with Crippen LogP contribution in [0.5, 0.6) is 0 Å². The van der Waals surface area contributed by atoms with Crippen molar-refractivity contribution in [3.8, 4) is 0 Å². The van der Waals surface area contributed by atoms with Crippen LogP contribution in [0.15, 0.2) is 12.4 Å². The number of ether oxygens (including phenoxy) is 1. The number of nitrogens with zero attached hydrogens (tertiary/aromatic N) is 2. The first-order valence-corrected chi connectivity index (χ1v) is 4.92.